The Kier molecular flexibility index (Phi) is 5.77. The van der Waals surface area contributed by atoms with E-state index in [1.54, 1.807) is 7.11 Å². The van der Waals surface area contributed by atoms with Crippen LogP contribution in [-0.4, -0.2) is 45.5 Å². The van der Waals surface area contributed by atoms with Gasteiger partial charge in [0.1, 0.15) is 6.33 Å². The molecule has 0 aromatic carbocycles. The monoisotopic (exact) mass is 379 g/mol. The molecule has 1 fully saturated rings. The molecule has 7 nitrogen and oxygen atoms in total. The minimum atomic E-state index is -0.505. The molecule has 3 heterocycles. The van der Waals surface area contributed by atoms with Crippen molar-refractivity contribution in [1.82, 2.24) is 19.9 Å². The number of hydrogen-bond donors (Lipinski definition) is 1. The largest absolute Gasteiger partial charge is 0.481 e. The quantitative estimate of drug-likeness (QED) is 0.831. The topological polar surface area (TPSA) is 80.2 Å². The Morgan fingerprint density at radius 1 is 1.50 bits per heavy atom. The molecule has 1 N–H and O–H groups in total. The summed E-state index contributed by atoms with van der Waals surface area (Å²) >= 11 is 1.19. The van der Waals surface area contributed by atoms with Gasteiger partial charge in [-0.15, -0.1) is 0 Å². The van der Waals surface area contributed by atoms with Gasteiger partial charge in [0.2, 0.25) is 17.7 Å². The third-order valence-corrected chi connectivity index (χ3v) is 5.41. The zero-order valence-electron chi connectivity index (χ0n) is 15.0. The summed E-state index contributed by atoms with van der Waals surface area (Å²) in [6.45, 7) is 4.89. The van der Waals surface area contributed by atoms with Crippen molar-refractivity contribution in [1.29, 1.82) is 0 Å². The number of halogens is 1. The van der Waals surface area contributed by atoms with Gasteiger partial charge in [0.15, 0.2) is 5.13 Å². The van der Waals surface area contributed by atoms with E-state index in [9.17, 15) is 9.18 Å². The van der Waals surface area contributed by atoms with Crippen LogP contribution in [0.3, 0.4) is 0 Å². The van der Waals surface area contributed by atoms with Crippen molar-refractivity contribution in [3.05, 3.63) is 28.9 Å². The van der Waals surface area contributed by atoms with Crippen LogP contribution >= 0.6 is 11.3 Å². The molecule has 1 aliphatic heterocycles. The highest BCUT2D eigenvalue weighted by Crippen LogP contribution is 2.30. The molecule has 3 rings (SSSR count). The van der Waals surface area contributed by atoms with Crippen molar-refractivity contribution in [2.75, 3.05) is 19.0 Å². The Labute approximate surface area is 155 Å². The predicted molar refractivity (Wildman–Crippen MR) is 96.6 cm³/mol. The van der Waals surface area contributed by atoms with Gasteiger partial charge in [0.25, 0.3) is 0 Å². The number of aromatic nitrogens is 3. The maximum absolute atomic E-state index is 14.1. The molecule has 140 valence electrons. The van der Waals surface area contributed by atoms with Crippen molar-refractivity contribution in [2.45, 2.75) is 39.3 Å². The van der Waals surface area contributed by atoms with E-state index < -0.39 is 5.95 Å². The van der Waals surface area contributed by atoms with Gasteiger partial charge in [-0.25, -0.2) is 9.97 Å². The fourth-order valence-electron chi connectivity index (χ4n) is 3.30. The van der Waals surface area contributed by atoms with Gasteiger partial charge in [-0.05, 0) is 25.7 Å². The molecule has 1 aliphatic rings. The number of carbonyl (C=O) groups excluding carboxylic acids is 1. The zero-order valence-corrected chi connectivity index (χ0v) is 15.8. The first kappa shape index (κ1) is 18.7. The number of likely N-dealkylation sites (tertiary alicyclic amines) is 1. The molecule has 26 heavy (non-hydrogen) atoms. The Hall–Kier alpha value is -2.13. The Balaban J connectivity index is 1.62. The lowest BCUT2D eigenvalue weighted by atomic mass is 10.0. The lowest BCUT2D eigenvalue weighted by Gasteiger charge is -2.19. The first-order valence-corrected chi connectivity index (χ1v) is 9.28. The number of nitrogens with one attached hydrogen (secondary N) is 1. The second-order valence-electron chi connectivity index (χ2n) is 6.55. The molecule has 1 amide bonds. The van der Waals surface area contributed by atoms with E-state index in [1.807, 2.05) is 6.07 Å². The average molecular weight is 379 g/mol. The van der Waals surface area contributed by atoms with Crippen LogP contribution in [0, 0.1) is 11.9 Å². The lowest BCUT2D eigenvalue weighted by Crippen LogP contribution is -2.26. The number of nitrogens with zero attached hydrogens (tertiary/aromatic N) is 4. The number of ether oxygens (including phenoxy) is 1. The number of anilines is 1. The highest BCUT2D eigenvalue weighted by Gasteiger charge is 2.30. The Bertz CT molecular complexity index is 784. The summed E-state index contributed by atoms with van der Waals surface area (Å²) in [6, 6.07) is 2.20. The molecule has 0 saturated carbocycles. The van der Waals surface area contributed by atoms with E-state index in [0.717, 1.165) is 25.1 Å². The van der Waals surface area contributed by atoms with E-state index in [4.69, 9.17) is 4.74 Å². The number of carbonyl (C=O) groups is 1. The van der Waals surface area contributed by atoms with E-state index in [0.29, 0.717) is 34.4 Å². The SMILES string of the molecule is COc1cc(CC2CC(C)N(Cc3sc(NC(C)=O)nc3F)C2)ncn1. The smallest absolute Gasteiger partial charge is 0.230 e. The molecule has 1 saturated heterocycles. The summed E-state index contributed by atoms with van der Waals surface area (Å²) < 4.78 is 19.2. The summed E-state index contributed by atoms with van der Waals surface area (Å²) in [5.74, 6) is 0.251. The third kappa shape index (κ3) is 4.53. The van der Waals surface area contributed by atoms with Crippen molar-refractivity contribution in [2.24, 2.45) is 5.92 Å². The van der Waals surface area contributed by atoms with Crippen LogP contribution in [-0.2, 0) is 17.8 Å². The van der Waals surface area contributed by atoms with Crippen LogP contribution in [0.5, 0.6) is 5.88 Å². The molecule has 0 aliphatic carbocycles. The molecular formula is C17H22FN5O2S. The van der Waals surface area contributed by atoms with Gasteiger partial charge in [-0.3, -0.25) is 9.69 Å². The Morgan fingerprint density at radius 3 is 3.04 bits per heavy atom. The van der Waals surface area contributed by atoms with E-state index in [1.165, 1.54) is 24.6 Å². The summed E-state index contributed by atoms with van der Waals surface area (Å²) in [7, 11) is 1.59. The van der Waals surface area contributed by atoms with Crippen LogP contribution in [0.1, 0.15) is 30.8 Å². The standard InChI is InChI=1S/C17H22FN5O2S/c1-10-4-12(5-13-6-15(25-3)20-9-19-13)7-23(10)8-14-16(18)22-17(26-14)21-11(2)24/h6,9-10,12H,4-5,7-8H2,1-3H3,(H,21,22,24). The van der Waals surface area contributed by atoms with Gasteiger partial charge in [-0.2, -0.15) is 9.37 Å². The van der Waals surface area contributed by atoms with Crippen molar-refractivity contribution in [3.63, 3.8) is 0 Å². The summed E-state index contributed by atoms with van der Waals surface area (Å²) in [5, 5.41) is 2.85. The summed E-state index contributed by atoms with van der Waals surface area (Å²) in [5.41, 5.74) is 0.952. The molecule has 2 atom stereocenters. The van der Waals surface area contributed by atoms with Crippen LogP contribution in [0.2, 0.25) is 0 Å². The van der Waals surface area contributed by atoms with Gasteiger partial charge in [-0.1, -0.05) is 11.3 Å². The second-order valence-corrected chi connectivity index (χ2v) is 7.63. The molecule has 0 radical (unpaired) electrons. The molecular weight excluding hydrogens is 357 g/mol. The highest BCUT2D eigenvalue weighted by molar-refractivity contribution is 7.15. The van der Waals surface area contributed by atoms with Crippen LogP contribution in [0.25, 0.3) is 0 Å². The summed E-state index contributed by atoms with van der Waals surface area (Å²) in [4.78, 5) is 26.0. The maximum atomic E-state index is 14.1. The zero-order chi connectivity index (χ0) is 18.7. The predicted octanol–water partition coefficient (Wildman–Crippen LogP) is 2.49. The fourth-order valence-corrected chi connectivity index (χ4v) is 4.22. The third-order valence-electron chi connectivity index (χ3n) is 4.48. The number of amides is 1. The van der Waals surface area contributed by atoms with Crippen molar-refractivity contribution >= 4 is 22.4 Å². The van der Waals surface area contributed by atoms with E-state index in [2.05, 4.69) is 32.1 Å². The maximum Gasteiger partial charge on any atom is 0.230 e. The van der Waals surface area contributed by atoms with Gasteiger partial charge >= 0.3 is 0 Å². The number of methoxy groups -OCH3 is 1. The van der Waals surface area contributed by atoms with Crippen molar-refractivity contribution < 1.29 is 13.9 Å². The fraction of sp³-hybridized carbons (Fsp3) is 0.529. The van der Waals surface area contributed by atoms with Crippen LogP contribution in [0.4, 0.5) is 9.52 Å². The molecule has 0 spiro atoms. The molecule has 2 aromatic rings. The minimum absolute atomic E-state index is 0.250. The Morgan fingerprint density at radius 2 is 2.31 bits per heavy atom. The molecule has 2 aromatic heterocycles. The molecule has 0 bridgehead atoms. The van der Waals surface area contributed by atoms with Gasteiger partial charge in [0.05, 0.1) is 12.0 Å². The number of hydrogen-bond acceptors (Lipinski definition) is 7. The lowest BCUT2D eigenvalue weighted by molar-refractivity contribution is -0.114. The van der Waals surface area contributed by atoms with E-state index in [-0.39, 0.29) is 5.91 Å². The average Bonchev–Trinajstić information content (AvgIpc) is 3.09. The van der Waals surface area contributed by atoms with Crippen molar-refractivity contribution in [3.8, 4) is 5.88 Å². The number of rotatable bonds is 6. The van der Waals surface area contributed by atoms with Gasteiger partial charge < -0.3 is 10.1 Å². The van der Waals surface area contributed by atoms with Gasteiger partial charge in [0, 0.05) is 37.8 Å². The second kappa shape index (κ2) is 8.05. The highest BCUT2D eigenvalue weighted by atomic mass is 32.1. The summed E-state index contributed by atoms with van der Waals surface area (Å²) in [6.07, 6.45) is 3.37. The molecule has 9 heteroatoms. The first-order valence-electron chi connectivity index (χ1n) is 8.46. The number of thiazole rings is 1. The van der Waals surface area contributed by atoms with Crippen LogP contribution in [0.15, 0.2) is 12.4 Å². The molecule has 2 unspecified atom stereocenters. The first-order chi connectivity index (χ1) is 12.4. The van der Waals surface area contributed by atoms with E-state index >= 15 is 0 Å². The normalized spacial score (nSPS) is 20.3. The minimum Gasteiger partial charge on any atom is -0.481 e. The van der Waals surface area contributed by atoms with Crippen LogP contribution < -0.4 is 10.1 Å².